The molecule has 0 saturated heterocycles. The molecule has 5 rings (SSSR count). The normalized spacial score (nSPS) is 11.0. The van der Waals surface area contributed by atoms with Gasteiger partial charge < -0.3 is 9.73 Å². The second kappa shape index (κ2) is 11.1. The van der Waals surface area contributed by atoms with Crippen molar-refractivity contribution >= 4 is 17.7 Å². The standard InChI is InChI=1S/C27H26N6O2S/c1-2-33-26(23-14-9-15-35-23)29-30-27(33)36-19-24(34)28-16-22-18-32(17-20-10-5-3-6-11-20)31-25(22)21-12-7-4-8-13-21/h3-15,18H,2,16-17,19H2,1H3,(H,28,34). The van der Waals surface area contributed by atoms with Gasteiger partial charge >= 0.3 is 0 Å². The van der Waals surface area contributed by atoms with Crippen LogP contribution in [0.15, 0.2) is 94.8 Å². The van der Waals surface area contributed by atoms with Crippen molar-refractivity contribution in [1.29, 1.82) is 0 Å². The Bertz CT molecular complexity index is 1410. The van der Waals surface area contributed by atoms with E-state index in [-0.39, 0.29) is 11.7 Å². The van der Waals surface area contributed by atoms with Gasteiger partial charge in [0.15, 0.2) is 16.7 Å². The molecule has 36 heavy (non-hydrogen) atoms. The minimum atomic E-state index is -0.0833. The first-order chi connectivity index (χ1) is 17.7. The third-order valence-electron chi connectivity index (χ3n) is 5.66. The minimum absolute atomic E-state index is 0.0833. The quantitative estimate of drug-likeness (QED) is 0.276. The van der Waals surface area contributed by atoms with Crippen LogP contribution in [-0.4, -0.2) is 36.2 Å². The van der Waals surface area contributed by atoms with Gasteiger partial charge in [0.25, 0.3) is 0 Å². The average molecular weight is 499 g/mol. The summed E-state index contributed by atoms with van der Waals surface area (Å²) in [6.07, 6.45) is 3.61. The summed E-state index contributed by atoms with van der Waals surface area (Å²) in [4.78, 5) is 12.7. The maximum atomic E-state index is 12.7. The summed E-state index contributed by atoms with van der Waals surface area (Å²) in [6.45, 7) is 3.73. The molecule has 3 heterocycles. The van der Waals surface area contributed by atoms with Crippen molar-refractivity contribution in [2.75, 3.05) is 5.75 Å². The summed E-state index contributed by atoms with van der Waals surface area (Å²) in [5.41, 5.74) is 4.02. The predicted molar refractivity (Wildman–Crippen MR) is 139 cm³/mol. The van der Waals surface area contributed by atoms with Gasteiger partial charge in [0.2, 0.25) is 5.91 Å². The Hall–Kier alpha value is -4.11. The monoisotopic (exact) mass is 498 g/mol. The van der Waals surface area contributed by atoms with E-state index < -0.39 is 0 Å². The smallest absolute Gasteiger partial charge is 0.230 e. The van der Waals surface area contributed by atoms with Gasteiger partial charge in [-0.05, 0) is 24.6 Å². The molecule has 8 nitrogen and oxygen atoms in total. The van der Waals surface area contributed by atoms with Gasteiger partial charge in [-0.2, -0.15) is 5.10 Å². The summed E-state index contributed by atoms with van der Waals surface area (Å²) in [5.74, 6) is 1.46. The number of thioether (sulfide) groups is 1. The van der Waals surface area contributed by atoms with Crippen LogP contribution in [0.25, 0.3) is 22.8 Å². The topological polar surface area (TPSA) is 90.8 Å². The molecule has 182 valence electrons. The number of carbonyl (C=O) groups excluding carboxylic acids is 1. The second-order valence-electron chi connectivity index (χ2n) is 8.15. The molecule has 0 radical (unpaired) electrons. The van der Waals surface area contributed by atoms with Crippen LogP contribution in [0.3, 0.4) is 0 Å². The maximum Gasteiger partial charge on any atom is 0.230 e. The van der Waals surface area contributed by atoms with Gasteiger partial charge in [-0.15, -0.1) is 10.2 Å². The van der Waals surface area contributed by atoms with E-state index in [0.717, 1.165) is 16.8 Å². The number of amides is 1. The van der Waals surface area contributed by atoms with Gasteiger partial charge in [-0.1, -0.05) is 72.4 Å². The minimum Gasteiger partial charge on any atom is -0.461 e. The molecule has 9 heteroatoms. The fraction of sp³-hybridized carbons (Fsp3) is 0.185. The average Bonchev–Trinajstić information content (AvgIpc) is 3.67. The highest BCUT2D eigenvalue weighted by Gasteiger charge is 2.17. The molecule has 0 saturated carbocycles. The van der Waals surface area contributed by atoms with Gasteiger partial charge in [0, 0.05) is 30.4 Å². The van der Waals surface area contributed by atoms with Crippen molar-refractivity contribution in [3.8, 4) is 22.8 Å². The third kappa shape index (κ3) is 5.41. The molecule has 0 aliphatic rings. The zero-order valence-corrected chi connectivity index (χ0v) is 20.7. The van der Waals surface area contributed by atoms with Crippen molar-refractivity contribution in [2.24, 2.45) is 0 Å². The Morgan fingerprint density at radius 2 is 1.78 bits per heavy atom. The molecule has 0 bridgehead atoms. The van der Waals surface area contributed by atoms with E-state index in [9.17, 15) is 4.79 Å². The first-order valence-corrected chi connectivity index (χ1v) is 12.7. The number of hydrogen-bond acceptors (Lipinski definition) is 6. The van der Waals surface area contributed by atoms with Gasteiger partial charge in [-0.25, -0.2) is 0 Å². The number of hydrogen-bond donors (Lipinski definition) is 1. The highest BCUT2D eigenvalue weighted by molar-refractivity contribution is 7.99. The molecule has 1 N–H and O–H groups in total. The zero-order valence-electron chi connectivity index (χ0n) is 19.9. The predicted octanol–water partition coefficient (Wildman–Crippen LogP) is 4.88. The number of furan rings is 1. The van der Waals surface area contributed by atoms with Crippen LogP contribution in [0.2, 0.25) is 0 Å². The third-order valence-corrected chi connectivity index (χ3v) is 6.62. The largest absolute Gasteiger partial charge is 0.461 e. The molecule has 0 atom stereocenters. The highest BCUT2D eigenvalue weighted by Crippen LogP contribution is 2.25. The van der Waals surface area contributed by atoms with Gasteiger partial charge in [0.1, 0.15) is 0 Å². The van der Waals surface area contributed by atoms with Crippen LogP contribution >= 0.6 is 11.8 Å². The second-order valence-corrected chi connectivity index (χ2v) is 9.09. The lowest BCUT2D eigenvalue weighted by Crippen LogP contribution is -2.24. The van der Waals surface area contributed by atoms with E-state index in [0.29, 0.717) is 36.4 Å². The van der Waals surface area contributed by atoms with Crippen LogP contribution in [0.4, 0.5) is 0 Å². The Labute approximate surface area is 213 Å². The van der Waals surface area contributed by atoms with E-state index in [4.69, 9.17) is 9.52 Å². The van der Waals surface area contributed by atoms with Crippen LogP contribution in [0.1, 0.15) is 18.1 Å². The number of nitrogens with zero attached hydrogens (tertiary/aromatic N) is 5. The first kappa shape index (κ1) is 23.6. The van der Waals surface area contributed by atoms with E-state index >= 15 is 0 Å². The van der Waals surface area contributed by atoms with Crippen molar-refractivity contribution in [3.05, 3.63) is 96.4 Å². The van der Waals surface area contributed by atoms with Crippen LogP contribution < -0.4 is 5.32 Å². The lowest BCUT2D eigenvalue weighted by atomic mass is 10.1. The number of carbonyl (C=O) groups is 1. The fourth-order valence-electron chi connectivity index (χ4n) is 3.93. The number of aromatic nitrogens is 5. The summed E-state index contributed by atoms with van der Waals surface area (Å²) in [7, 11) is 0. The summed E-state index contributed by atoms with van der Waals surface area (Å²) >= 11 is 1.36. The van der Waals surface area contributed by atoms with E-state index in [1.165, 1.54) is 17.3 Å². The number of rotatable bonds is 10. The summed E-state index contributed by atoms with van der Waals surface area (Å²) in [5, 5.41) is 17.0. The lowest BCUT2D eigenvalue weighted by Gasteiger charge is -2.07. The molecule has 3 aromatic heterocycles. The molecule has 0 fully saturated rings. The van der Waals surface area contributed by atoms with Crippen molar-refractivity contribution in [2.45, 2.75) is 31.7 Å². The van der Waals surface area contributed by atoms with E-state index in [1.807, 2.05) is 83.0 Å². The molecule has 1 amide bonds. The number of benzene rings is 2. The van der Waals surface area contributed by atoms with Gasteiger partial charge in [-0.3, -0.25) is 14.0 Å². The molecule has 5 aromatic rings. The Balaban J connectivity index is 1.26. The van der Waals surface area contributed by atoms with Crippen molar-refractivity contribution in [1.82, 2.24) is 29.9 Å². The SMILES string of the molecule is CCn1c(SCC(=O)NCc2cn(Cc3ccccc3)nc2-c2ccccc2)nnc1-c1ccco1. The van der Waals surface area contributed by atoms with E-state index in [2.05, 4.69) is 27.6 Å². The maximum absolute atomic E-state index is 12.7. The van der Waals surface area contributed by atoms with Crippen LogP contribution in [0, 0.1) is 0 Å². The van der Waals surface area contributed by atoms with Crippen LogP contribution in [0.5, 0.6) is 0 Å². The van der Waals surface area contributed by atoms with Crippen molar-refractivity contribution < 1.29 is 9.21 Å². The first-order valence-electron chi connectivity index (χ1n) is 11.7. The molecular weight excluding hydrogens is 472 g/mol. The van der Waals surface area contributed by atoms with Crippen LogP contribution in [-0.2, 0) is 24.4 Å². The Kier molecular flexibility index (Phi) is 7.28. The Morgan fingerprint density at radius 1 is 1.00 bits per heavy atom. The lowest BCUT2D eigenvalue weighted by molar-refractivity contribution is -0.118. The Morgan fingerprint density at radius 3 is 2.50 bits per heavy atom. The molecule has 0 unspecified atom stereocenters. The highest BCUT2D eigenvalue weighted by atomic mass is 32.2. The molecule has 0 aliphatic carbocycles. The number of nitrogens with one attached hydrogen (secondary N) is 1. The zero-order chi connectivity index (χ0) is 24.7. The summed E-state index contributed by atoms with van der Waals surface area (Å²) < 4.78 is 9.32. The molecule has 2 aromatic carbocycles. The summed E-state index contributed by atoms with van der Waals surface area (Å²) in [6, 6.07) is 23.9. The molecular formula is C27H26N6O2S. The fourth-order valence-corrected chi connectivity index (χ4v) is 4.76. The molecule has 0 aliphatic heterocycles. The van der Waals surface area contributed by atoms with Gasteiger partial charge in [0.05, 0.1) is 24.3 Å². The van der Waals surface area contributed by atoms with E-state index in [1.54, 1.807) is 6.26 Å². The molecule has 0 spiro atoms. The van der Waals surface area contributed by atoms with Crippen molar-refractivity contribution in [3.63, 3.8) is 0 Å².